The van der Waals surface area contributed by atoms with Crippen molar-refractivity contribution in [2.75, 3.05) is 13.2 Å². The van der Waals surface area contributed by atoms with Gasteiger partial charge in [0.1, 0.15) is 12.4 Å². The first-order chi connectivity index (χ1) is 6.72. The second kappa shape index (κ2) is 3.46. The van der Waals surface area contributed by atoms with E-state index >= 15 is 0 Å². The molecule has 0 atom stereocenters. The van der Waals surface area contributed by atoms with Gasteiger partial charge in [-0.05, 0) is 48.8 Å². The molecule has 2 heteroatoms. The lowest BCUT2D eigenvalue weighted by atomic mass is 9.98. The third kappa shape index (κ3) is 1.42. The van der Waals surface area contributed by atoms with Gasteiger partial charge < -0.3 is 10.5 Å². The summed E-state index contributed by atoms with van der Waals surface area (Å²) in [6.45, 7) is 5.43. The van der Waals surface area contributed by atoms with Crippen LogP contribution in [0.2, 0.25) is 0 Å². The lowest BCUT2D eigenvalue weighted by Crippen LogP contribution is -2.11. The number of nitrogens with two attached hydrogens (primary N) is 1. The van der Waals surface area contributed by atoms with Crippen molar-refractivity contribution < 1.29 is 4.74 Å². The molecular weight excluding hydrogens is 174 g/mol. The van der Waals surface area contributed by atoms with Gasteiger partial charge in [0.25, 0.3) is 0 Å². The van der Waals surface area contributed by atoms with E-state index in [0.29, 0.717) is 13.2 Å². The predicted octanol–water partition coefficient (Wildman–Crippen LogP) is 2.04. The Morgan fingerprint density at radius 2 is 2.00 bits per heavy atom. The molecular formula is C12H15NO. The summed E-state index contributed by atoms with van der Waals surface area (Å²) < 4.78 is 5.56. The highest BCUT2D eigenvalue weighted by Crippen LogP contribution is 2.31. The Balaban J connectivity index is 2.56. The van der Waals surface area contributed by atoms with Crippen LogP contribution in [0.1, 0.15) is 16.7 Å². The summed E-state index contributed by atoms with van der Waals surface area (Å²) in [6.07, 6.45) is 2.05. The monoisotopic (exact) mass is 189 g/mol. The van der Waals surface area contributed by atoms with Crippen molar-refractivity contribution in [1.82, 2.24) is 0 Å². The van der Waals surface area contributed by atoms with Crippen LogP contribution in [-0.2, 0) is 0 Å². The highest BCUT2D eigenvalue weighted by molar-refractivity contribution is 5.74. The number of ether oxygens (including phenoxy) is 1. The van der Waals surface area contributed by atoms with E-state index in [1.807, 2.05) is 0 Å². The molecule has 0 aliphatic carbocycles. The first-order valence-electron chi connectivity index (χ1n) is 4.86. The maximum Gasteiger partial charge on any atom is 0.127 e. The predicted molar refractivity (Wildman–Crippen MR) is 58.4 cm³/mol. The van der Waals surface area contributed by atoms with E-state index in [9.17, 15) is 0 Å². The van der Waals surface area contributed by atoms with Crippen LogP contribution in [0.25, 0.3) is 5.57 Å². The van der Waals surface area contributed by atoms with Crippen LogP contribution in [0.3, 0.4) is 0 Å². The number of rotatable bonds is 1. The quantitative estimate of drug-likeness (QED) is 0.733. The maximum absolute atomic E-state index is 5.68. The number of aryl methyl sites for hydroxylation is 2. The molecule has 2 N–H and O–H groups in total. The molecule has 0 bridgehead atoms. The van der Waals surface area contributed by atoms with Gasteiger partial charge in [-0.15, -0.1) is 0 Å². The van der Waals surface area contributed by atoms with Gasteiger partial charge in [0, 0.05) is 12.1 Å². The fourth-order valence-electron chi connectivity index (χ4n) is 1.70. The van der Waals surface area contributed by atoms with Crippen molar-refractivity contribution in [1.29, 1.82) is 0 Å². The molecule has 0 radical (unpaired) electrons. The zero-order valence-corrected chi connectivity index (χ0v) is 8.63. The number of hydrogen-bond donors (Lipinski definition) is 1. The molecule has 1 heterocycles. The van der Waals surface area contributed by atoms with Crippen molar-refractivity contribution in [2.45, 2.75) is 13.8 Å². The third-order valence-corrected chi connectivity index (χ3v) is 2.73. The molecule has 2 rings (SSSR count). The van der Waals surface area contributed by atoms with E-state index in [-0.39, 0.29) is 0 Å². The van der Waals surface area contributed by atoms with E-state index in [0.717, 1.165) is 11.3 Å². The summed E-state index contributed by atoms with van der Waals surface area (Å²) in [5.74, 6) is 0.969. The van der Waals surface area contributed by atoms with Gasteiger partial charge >= 0.3 is 0 Å². The minimum Gasteiger partial charge on any atom is -0.489 e. The zero-order valence-electron chi connectivity index (χ0n) is 8.63. The first kappa shape index (κ1) is 9.28. The summed E-state index contributed by atoms with van der Waals surface area (Å²) in [7, 11) is 0. The fourth-order valence-corrected chi connectivity index (χ4v) is 1.70. The normalized spacial score (nSPS) is 14.4. The molecule has 14 heavy (non-hydrogen) atoms. The lowest BCUT2D eigenvalue weighted by Gasteiger charge is -2.19. The highest BCUT2D eigenvalue weighted by Gasteiger charge is 2.13. The minimum absolute atomic E-state index is 0.582. The van der Waals surface area contributed by atoms with E-state index in [1.54, 1.807) is 0 Å². The van der Waals surface area contributed by atoms with E-state index < -0.39 is 0 Å². The summed E-state index contributed by atoms with van der Waals surface area (Å²) >= 11 is 0. The summed E-state index contributed by atoms with van der Waals surface area (Å²) in [6, 6.07) is 4.25. The summed E-state index contributed by atoms with van der Waals surface area (Å²) in [5.41, 5.74) is 10.6. The molecule has 0 saturated carbocycles. The van der Waals surface area contributed by atoms with E-state index in [4.69, 9.17) is 10.5 Å². The second-order valence-electron chi connectivity index (χ2n) is 3.68. The topological polar surface area (TPSA) is 35.2 Å². The van der Waals surface area contributed by atoms with Gasteiger partial charge in [-0.25, -0.2) is 0 Å². The van der Waals surface area contributed by atoms with Crippen LogP contribution >= 0.6 is 0 Å². The first-order valence-corrected chi connectivity index (χ1v) is 4.86. The summed E-state index contributed by atoms with van der Waals surface area (Å²) in [5, 5.41) is 0. The van der Waals surface area contributed by atoms with Crippen molar-refractivity contribution in [3.63, 3.8) is 0 Å². The van der Waals surface area contributed by atoms with Crippen LogP contribution in [-0.4, -0.2) is 13.2 Å². The van der Waals surface area contributed by atoms with Gasteiger partial charge in [-0.3, -0.25) is 0 Å². The molecule has 0 spiro atoms. The second-order valence-corrected chi connectivity index (χ2v) is 3.68. The van der Waals surface area contributed by atoms with Gasteiger partial charge in [0.15, 0.2) is 0 Å². The molecule has 1 aliphatic rings. The van der Waals surface area contributed by atoms with Gasteiger partial charge in [0.05, 0.1) is 0 Å². The fraction of sp³-hybridized carbons (Fsp3) is 0.333. The van der Waals surface area contributed by atoms with Crippen LogP contribution in [0.4, 0.5) is 0 Å². The Hall–Kier alpha value is -1.28. The van der Waals surface area contributed by atoms with Crippen molar-refractivity contribution in [3.05, 3.63) is 34.9 Å². The molecule has 0 unspecified atom stereocenters. The molecule has 1 aliphatic heterocycles. The smallest absolute Gasteiger partial charge is 0.127 e. The van der Waals surface area contributed by atoms with Gasteiger partial charge in [-0.1, -0.05) is 0 Å². The Bertz CT molecular complexity index is 394. The standard InChI is InChI=1S/C12H15NO/c1-8-5-11-10(7-13)3-4-14-12(11)6-9(8)2/h3,5-6H,4,7,13H2,1-2H3. The molecule has 2 nitrogen and oxygen atoms in total. The summed E-state index contributed by atoms with van der Waals surface area (Å²) in [4.78, 5) is 0. The van der Waals surface area contributed by atoms with Crippen LogP contribution in [0.15, 0.2) is 18.2 Å². The van der Waals surface area contributed by atoms with Gasteiger partial charge in [0.2, 0.25) is 0 Å². The largest absolute Gasteiger partial charge is 0.489 e. The van der Waals surface area contributed by atoms with Crippen molar-refractivity contribution in [3.8, 4) is 5.75 Å². The van der Waals surface area contributed by atoms with Crippen LogP contribution < -0.4 is 10.5 Å². The molecule has 0 saturated heterocycles. The Morgan fingerprint density at radius 3 is 2.71 bits per heavy atom. The Kier molecular flexibility index (Phi) is 2.30. The molecule has 0 fully saturated rings. The number of benzene rings is 1. The van der Waals surface area contributed by atoms with Crippen molar-refractivity contribution in [2.24, 2.45) is 5.73 Å². The highest BCUT2D eigenvalue weighted by atomic mass is 16.5. The van der Waals surface area contributed by atoms with Gasteiger partial charge in [-0.2, -0.15) is 0 Å². The molecule has 1 aromatic carbocycles. The lowest BCUT2D eigenvalue weighted by molar-refractivity contribution is 0.356. The third-order valence-electron chi connectivity index (χ3n) is 2.73. The average Bonchev–Trinajstić information content (AvgIpc) is 2.19. The van der Waals surface area contributed by atoms with E-state index in [1.165, 1.54) is 16.7 Å². The SMILES string of the molecule is Cc1cc2c(cc1C)C(CN)=CCO2. The number of hydrogen-bond acceptors (Lipinski definition) is 2. The van der Waals surface area contributed by atoms with Crippen LogP contribution in [0, 0.1) is 13.8 Å². The number of fused-ring (bicyclic) bond motifs is 1. The average molecular weight is 189 g/mol. The van der Waals surface area contributed by atoms with Crippen LogP contribution in [0.5, 0.6) is 5.75 Å². The molecule has 74 valence electrons. The Labute approximate surface area is 84.4 Å². The molecule has 0 amide bonds. The molecule has 1 aromatic rings. The maximum atomic E-state index is 5.68. The zero-order chi connectivity index (χ0) is 10.1. The van der Waals surface area contributed by atoms with E-state index in [2.05, 4.69) is 32.1 Å². The minimum atomic E-state index is 0.582. The molecule has 0 aromatic heterocycles. The van der Waals surface area contributed by atoms with Crippen molar-refractivity contribution >= 4 is 5.57 Å². The Morgan fingerprint density at radius 1 is 1.29 bits per heavy atom.